The molecule has 0 aliphatic rings. The Balaban J connectivity index is 1.77. The summed E-state index contributed by atoms with van der Waals surface area (Å²) in [5, 5.41) is 0.400. The molecule has 3 aromatic carbocycles. The third kappa shape index (κ3) is 5.41. The minimum absolute atomic E-state index is 0.255. The standard InChI is InChI=1S/C21H18ClFN2O3S/c1-14-10-17(16-7-3-2-4-8-16)12-19(20(14)23)21(26)24-25-29(27,28)13-15-6-5-9-18(22)11-15/h2-12,25H,13H2,1H3,(H,24,26). The number of aryl methyl sites for hydroxylation is 1. The highest BCUT2D eigenvalue weighted by Gasteiger charge is 2.19. The molecule has 2 N–H and O–H groups in total. The van der Waals surface area contributed by atoms with Gasteiger partial charge < -0.3 is 0 Å². The molecule has 29 heavy (non-hydrogen) atoms. The molecule has 3 rings (SSSR count). The van der Waals surface area contributed by atoms with Crippen LogP contribution in [0.15, 0.2) is 66.7 Å². The second-order valence-corrected chi connectivity index (χ2v) is 8.62. The van der Waals surface area contributed by atoms with Crippen molar-refractivity contribution in [2.45, 2.75) is 12.7 Å². The number of halogens is 2. The molecule has 0 aromatic heterocycles. The average molecular weight is 433 g/mol. The fourth-order valence-corrected chi connectivity index (χ4v) is 3.96. The molecule has 0 bridgehead atoms. The Labute approximate surface area is 173 Å². The number of hydrazine groups is 1. The first-order valence-electron chi connectivity index (χ1n) is 8.65. The van der Waals surface area contributed by atoms with E-state index in [1.54, 1.807) is 31.2 Å². The Morgan fingerprint density at radius 2 is 1.72 bits per heavy atom. The molecule has 1 amide bonds. The van der Waals surface area contributed by atoms with Gasteiger partial charge >= 0.3 is 0 Å². The summed E-state index contributed by atoms with van der Waals surface area (Å²) in [5.41, 5.74) is 4.00. The largest absolute Gasteiger partial charge is 0.274 e. The van der Waals surface area contributed by atoms with Gasteiger partial charge in [-0.1, -0.05) is 54.1 Å². The lowest BCUT2D eigenvalue weighted by molar-refractivity contribution is 0.0941. The van der Waals surface area contributed by atoms with Gasteiger partial charge in [0.1, 0.15) is 5.82 Å². The van der Waals surface area contributed by atoms with E-state index in [0.29, 0.717) is 16.1 Å². The number of hydrogen-bond acceptors (Lipinski definition) is 3. The number of nitrogens with one attached hydrogen (secondary N) is 2. The van der Waals surface area contributed by atoms with Gasteiger partial charge in [-0.3, -0.25) is 10.2 Å². The van der Waals surface area contributed by atoms with Gasteiger partial charge in [-0.05, 0) is 53.4 Å². The number of sulfonamides is 1. The number of benzene rings is 3. The molecule has 0 fully saturated rings. The summed E-state index contributed by atoms with van der Waals surface area (Å²) < 4.78 is 39.0. The molecular formula is C21H18ClFN2O3S. The monoisotopic (exact) mass is 432 g/mol. The molecule has 0 saturated carbocycles. The van der Waals surface area contributed by atoms with Crippen molar-refractivity contribution >= 4 is 27.5 Å². The van der Waals surface area contributed by atoms with E-state index in [4.69, 9.17) is 11.6 Å². The number of amides is 1. The maximum absolute atomic E-state index is 14.5. The summed E-state index contributed by atoms with van der Waals surface area (Å²) >= 11 is 5.85. The van der Waals surface area contributed by atoms with Crippen LogP contribution in [0, 0.1) is 12.7 Å². The fraction of sp³-hybridized carbons (Fsp3) is 0.0952. The van der Waals surface area contributed by atoms with Crippen LogP contribution in [0.3, 0.4) is 0 Å². The van der Waals surface area contributed by atoms with Gasteiger partial charge in [0, 0.05) is 5.02 Å². The summed E-state index contributed by atoms with van der Waals surface area (Å²) in [6.07, 6.45) is 0. The molecule has 5 nitrogen and oxygen atoms in total. The van der Waals surface area contributed by atoms with Crippen LogP contribution >= 0.6 is 11.6 Å². The van der Waals surface area contributed by atoms with E-state index in [0.717, 1.165) is 5.56 Å². The van der Waals surface area contributed by atoms with E-state index in [-0.39, 0.29) is 16.9 Å². The van der Waals surface area contributed by atoms with Gasteiger partial charge in [0.2, 0.25) is 10.0 Å². The normalized spacial score (nSPS) is 11.3. The summed E-state index contributed by atoms with van der Waals surface area (Å²) in [6.45, 7) is 1.54. The van der Waals surface area contributed by atoms with Gasteiger partial charge in [0.25, 0.3) is 5.91 Å². The molecule has 0 spiro atoms. The van der Waals surface area contributed by atoms with Gasteiger partial charge in [-0.2, -0.15) is 0 Å². The Hall–Kier alpha value is -2.74. The number of hydrogen-bond donors (Lipinski definition) is 2. The third-order valence-electron chi connectivity index (χ3n) is 4.17. The van der Waals surface area contributed by atoms with E-state index in [1.165, 1.54) is 12.1 Å². The zero-order valence-electron chi connectivity index (χ0n) is 15.4. The summed E-state index contributed by atoms with van der Waals surface area (Å²) in [4.78, 5) is 14.4. The fourth-order valence-electron chi connectivity index (χ4n) is 2.81. The van der Waals surface area contributed by atoms with Crippen LogP contribution < -0.4 is 10.3 Å². The predicted molar refractivity (Wildman–Crippen MR) is 111 cm³/mol. The van der Waals surface area contributed by atoms with E-state index < -0.39 is 21.7 Å². The van der Waals surface area contributed by atoms with Gasteiger partial charge in [0.05, 0.1) is 11.3 Å². The molecule has 0 atom stereocenters. The van der Waals surface area contributed by atoms with Crippen molar-refractivity contribution in [2.75, 3.05) is 0 Å². The van der Waals surface area contributed by atoms with Gasteiger partial charge in [-0.15, -0.1) is 4.83 Å². The van der Waals surface area contributed by atoms with Crippen LogP contribution in [0.4, 0.5) is 4.39 Å². The van der Waals surface area contributed by atoms with Crippen LogP contribution in [0.1, 0.15) is 21.5 Å². The Morgan fingerprint density at radius 1 is 1.00 bits per heavy atom. The van der Waals surface area contributed by atoms with Crippen molar-refractivity contribution in [3.05, 3.63) is 94.3 Å². The molecule has 0 saturated heterocycles. The van der Waals surface area contributed by atoms with Crippen LogP contribution in [0.5, 0.6) is 0 Å². The van der Waals surface area contributed by atoms with Crippen molar-refractivity contribution < 1.29 is 17.6 Å². The Kier molecular flexibility index (Phi) is 6.32. The van der Waals surface area contributed by atoms with E-state index in [1.807, 2.05) is 35.2 Å². The highest BCUT2D eigenvalue weighted by molar-refractivity contribution is 7.88. The maximum atomic E-state index is 14.5. The molecule has 0 radical (unpaired) electrons. The molecule has 0 aliphatic heterocycles. The van der Waals surface area contributed by atoms with Gasteiger partial charge in [0.15, 0.2) is 0 Å². The van der Waals surface area contributed by atoms with Crippen molar-refractivity contribution in [1.29, 1.82) is 0 Å². The highest BCUT2D eigenvalue weighted by atomic mass is 35.5. The van der Waals surface area contributed by atoms with Crippen molar-refractivity contribution in [2.24, 2.45) is 0 Å². The summed E-state index contributed by atoms with van der Waals surface area (Å²) in [7, 11) is -3.90. The second kappa shape index (κ2) is 8.73. The van der Waals surface area contributed by atoms with E-state index in [9.17, 15) is 17.6 Å². The van der Waals surface area contributed by atoms with E-state index in [2.05, 4.69) is 5.43 Å². The quantitative estimate of drug-likeness (QED) is 0.573. The first kappa shape index (κ1) is 21.0. The van der Waals surface area contributed by atoms with Crippen molar-refractivity contribution in [1.82, 2.24) is 10.3 Å². The minimum atomic E-state index is -3.90. The molecule has 0 aliphatic carbocycles. The lowest BCUT2D eigenvalue weighted by Crippen LogP contribution is -2.42. The maximum Gasteiger partial charge on any atom is 0.269 e. The number of rotatable bonds is 6. The van der Waals surface area contributed by atoms with Crippen LogP contribution in [0.2, 0.25) is 5.02 Å². The van der Waals surface area contributed by atoms with Crippen LogP contribution in [-0.4, -0.2) is 14.3 Å². The lowest BCUT2D eigenvalue weighted by atomic mass is 9.99. The molecule has 0 unspecified atom stereocenters. The summed E-state index contributed by atoms with van der Waals surface area (Å²) in [5.74, 6) is -1.99. The molecular weight excluding hydrogens is 415 g/mol. The third-order valence-corrected chi connectivity index (χ3v) is 5.53. The highest BCUT2D eigenvalue weighted by Crippen LogP contribution is 2.24. The Bertz CT molecular complexity index is 1150. The Morgan fingerprint density at radius 3 is 2.41 bits per heavy atom. The lowest BCUT2D eigenvalue weighted by Gasteiger charge is -2.12. The van der Waals surface area contributed by atoms with Crippen molar-refractivity contribution in [3.8, 4) is 11.1 Å². The van der Waals surface area contributed by atoms with Crippen molar-refractivity contribution in [3.63, 3.8) is 0 Å². The zero-order chi connectivity index (χ0) is 21.0. The summed E-state index contributed by atoms with van der Waals surface area (Å²) in [6, 6.07) is 18.6. The SMILES string of the molecule is Cc1cc(-c2ccccc2)cc(C(=O)NNS(=O)(=O)Cc2cccc(Cl)c2)c1F. The van der Waals surface area contributed by atoms with Crippen LogP contribution in [0.25, 0.3) is 11.1 Å². The smallest absolute Gasteiger partial charge is 0.269 e. The van der Waals surface area contributed by atoms with Crippen LogP contribution in [-0.2, 0) is 15.8 Å². The molecule has 0 heterocycles. The first-order chi connectivity index (χ1) is 13.7. The number of carbonyl (C=O) groups is 1. The average Bonchev–Trinajstić information content (AvgIpc) is 2.68. The zero-order valence-corrected chi connectivity index (χ0v) is 17.0. The molecule has 150 valence electrons. The minimum Gasteiger partial charge on any atom is -0.274 e. The second-order valence-electron chi connectivity index (χ2n) is 6.47. The first-order valence-corrected chi connectivity index (χ1v) is 10.7. The van der Waals surface area contributed by atoms with E-state index >= 15 is 0 Å². The molecule has 8 heteroatoms. The molecule has 3 aromatic rings. The number of carbonyl (C=O) groups excluding carboxylic acids is 1. The predicted octanol–water partition coefficient (Wildman–Crippen LogP) is 4.22. The van der Waals surface area contributed by atoms with Gasteiger partial charge in [-0.25, -0.2) is 12.8 Å². The topological polar surface area (TPSA) is 75.3 Å².